The van der Waals surface area contributed by atoms with E-state index in [1.54, 1.807) is 11.8 Å². The van der Waals surface area contributed by atoms with Gasteiger partial charge in [0, 0.05) is 35.2 Å². The Morgan fingerprint density at radius 3 is 2.76 bits per heavy atom. The summed E-state index contributed by atoms with van der Waals surface area (Å²) < 4.78 is 0. The number of benzene rings is 1. The lowest BCUT2D eigenvalue weighted by Crippen LogP contribution is -2.38. The molecule has 0 aliphatic carbocycles. The maximum absolute atomic E-state index is 12.8. The largest absolute Gasteiger partial charge is 0.297 e. The number of ketones is 1. The van der Waals surface area contributed by atoms with Crippen LogP contribution in [-0.4, -0.2) is 40.2 Å². The van der Waals surface area contributed by atoms with E-state index in [1.165, 1.54) is 4.90 Å². The van der Waals surface area contributed by atoms with Gasteiger partial charge in [0.15, 0.2) is 5.78 Å². The number of hydrogen-bond donors (Lipinski definition) is 1. The molecule has 1 aromatic heterocycles. The number of H-pyrrole nitrogens is 1. The van der Waals surface area contributed by atoms with Crippen molar-refractivity contribution >= 4 is 17.5 Å². The molecule has 4 nitrogen and oxygen atoms in total. The second-order valence-corrected chi connectivity index (χ2v) is 8.02. The number of carbonyl (C=O) groups excluding carboxylic acids is 1. The van der Waals surface area contributed by atoms with Crippen molar-refractivity contribution in [3.8, 4) is 0 Å². The average Bonchev–Trinajstić information content (AvgIpc) is 3.10. The summed E-state index contributed by atoms with van der Waals surface area (Å²) in [4.78, 5) is 16.4. The number of hydrogen-bond acceptors (Lipinski definition) is 4. The quantitative estimate of drug-likeness (QED) is 0.617. The van der Waals surface area contributed by atoms with Gasteiger partial charge >= 0.3 is 0 Å². The van der Waals surface area contributed by atoms with E-state index in [-0.39, 0.29) is 11.7 Å². The van der Waals surface area contributed by atoms with Crippen LogP contribution in [0, 0.1) is 5.92 Å². The number of aromatic amines is 1. The van der Waals surface area contributed by atoms with Crippen LogP contribution in [0.25, 0.3) is 0 Å². The minimum atomic E-state index is 0.0985. The standard InChI is InChI=1S/C20H27N3OS/c1-14(2)19-11-17(21-22-19)13-23-10-4-5-16(12-23)20(24)15-6-8-18(25-3)9-7-15/h6-9,11,14,16H,4-5,10,12-13H2,1-3H3,(H,21,22)/t16-/m1/s1. The number of likely N-dealkylation sites (tertiary alicyclic amines) is 1. The predicted octanol–water partition coefficient (Wildman–Crippen LogP) is 4.35. The Bertz CT molecular complexity index is 708. The number of thioether (sulfide) groups is 1. The van der Waals surface area contributed by atoms with Gasteiger partial charge in [-0.25, -0.2) is 0 Å². The normalized spacial score (nSPS) is 18.6. The number of carbonyl (C=O) groups is 1. The molecule has 0 spiro atoms. The van der Waals surface area contributed by atoms with E-state index in [2.05, 4.69) is 41.3 Å². The van der Waals surface area contributed by atoms with Crippen LogP contribution in [0.4, 0.5) is 0 Å². The SMILES string of the molecule is CSc1ccc(C(=O)[C@@H]2CCCN(Cc3cc(C(C)C)n[nH]3)C2)cc1. The smallest absolute Gasteiger partial charge is 0.167 e. The van der Waals surface area contributed by atoms with Gasteiger partial charge in [0.1, 0.15) is 0 Å². The first-order chi connectivity index (χ1) is 12.1. The molecule has 134 valence electrons. The molecule has 5 heteroatoms. The predicted molar refractivity (Wildman–Crippen MR) is 103 cm³/mol. The van der Waals surface area contributed by atoms with Crippen LogP contribution in [0.2, 0.25) is 0 Å². The fourth-order valence-corrected chi connectivity index (χ4v) is 3.81. The fraction of sp³-hybridized carbons (Fsp3) is 0.500. The Morgan fingerprint density at radius 1 is 1.36 bits per heavy atom. The van der Waals surface area contributed by atoms with Crippen molar-refractivity contribution < 1.29 is 4.79 Å². The highest BCUT2D eigenvalue weighted by Gasteiger charge is 2.27. The van der Waals surface area contributed by atoms with Crippen LogP contribution in [0.1, 0.15) is 54.4 Å². The van der Waals surface area contributed by atoms with Crippen LogP contribution >= 0.6 is 11.8 Å². The lowest BCUT2D eigenvalue weighted by atomic mass is 9.90. The Morgan fingerprint density at radius 2 is 2.12 bits per heavy atom. The fourth-order valence-electron chi connectivity index (χ4n) is 3.40. The minimum absolute atomic E-state index is 0.0985. The van der Waals surface area contributed by atoms with Gasteiger partial charge in [0.2, 0.25) is 0 Å². The van der Waals surface area contributed by atoms with Gasteiger partial charge in [0.05, 0.1) is 5.69 Å². The van der Waals surface area contributed by atoms with Crippen molar-refractivity contribution in [3.05, 3.63) is 47.3 Å². The van der Waals surface area contributed by atoms with Gasteiger partial charge in [-0.3, -0.25) is 14.8 Å². The Hall–Kier alpha value is -1.59. The van der Waals surface area contributed by atoms with Gasteiger partial charge in [-0.1, -0.05) is 26.0 Å². The van der Waals surface area contributed by atoms with Crippen molar-refractivity contribution in [2.45, 2.75) is 44.0 Å². The molecule has 25 heavy (non-hydrogen) atoms. The van der Waals surface area contributed by atoms with Crippen LogP contribution in [-0.2, 0) is 6.54 Å². The molecule has 0 amide bonds. The summed E-state index contributed by atoms with van der Waals surface area (Å²) in [5.74, 6) is 0.816. The molecular weight excluding hydrogens is 330 g/mol. The Balaban J connectivity index is 1.62. The zero-order chi connectivity index (χ0) is 17.8. The van der Waals surface area contributed by atoms with Gasteiger partial charge in [-0.15, -0.1) is 11.8 Å². The third kappa shape index (κ3) is 4.53. The van der Waals surface area contributed by atoms with Crippen molar-refractivity contribution in [3.63, 3.8) is 0 Å². The zero-order valence-corrected chi connectivity index (χ0v) is 16.1. The number of piperidine rings is 1. The molecule has 0 radical (unpaired) electrons. The van der Waals surface area contributed by atoms with Crippen LogP contribution in [0.5, 0.6) is 0 Å². The molecule has 0 unspecified atom stereocenters. The number of aromatic nitrogens is 2. The van der Waals surface area contributed by atoms with Crippen molar-refractivity contribution in [1.29, 1.82) is 0 Å². The van der Waals surface area contributed by atoms with E-state index in [1.807, 2.05) is 24.3 Å². The first kappa shape index (κ1) is 18.2. The number of nitrogens with zero attached hydrogens (tertiary/aromatic N) is 2. The molecule has 1 aliphatic heterocycles. The average molecular weight is 358 g/mol. The Labute approximate surface area is 154 Å². The Kier molecular flexibility index (Phi) is 5.97. The highest BCUT2D eigenvalue weighted by atomic mass is 32.2. The molecule has 0 bridgehead atoms. The summed E-state index contributed by atoms with van der Waals surface area (Å²) in [5, 5.41) is 7.52. The molecule has 1 aliphatic rings. The molecular formula is C20H27N3OS. The number of Topliss-reactive ketones (excluding diaryl/α,β-unsaturated/α-hetero) is 1. The van der Waals surface area contributed by atoms with Gasteiger partial charge in [-0.2, -0.15) is 5.10 Å². The zero-order valence-electron chi connectivity index (χ0n) is 15.3. The summed E-state index contributed by atoms with van der Waals surface area (Å²) >= 11 is 1.70. The van der Waals surface area contributed by atoms with E-state index in [0.29, 0.717) is 5.92 Å². The monoisotopic (exact) mass is 357 g/mol. The van der Waals surface area contributed by atoms with Gasteiger partial charge in [0.25, 0.3) is 0 Å². The first-order valence-electron chi connectivity index (χ1n) is 9.01. The van der Waals surface area contributed by atoms with Crippen LogP contribution in [0.3, 0.4) is 0 Å². The second-order valence-electron chi connectivity index (χ2n) is 7.14. The first-order valence-corrected chi connectivity index (χ1v) is 10.2. The third-order valence-corrected chi connectivity index (χ3v) is 5.63. The molecule has 1 fully saturated rings. The molecule has 1 N–H and O–H groups in total. The molecule has 2 heterocycles. The van der Waals surface area contributed by atoms with E-state index >= 15 is 0 Å². The number of rotatable bonds is 6. The molecule has 2 aromatic rings. The molecule has 1 saturated heterocycles. The third-order valence-electron chi connectivity index (χ3n) is 4.89. The topological polar surface area (TPSA) is 49.0 Å². The van der Waals surface area contributed by atoms with Crippen molar-refractivity contribution in [1.82, 2.24) is 15.1 Å². The highest BCUT2D eigenvalue weighted by Crippen LogP contribution is 2.24. The van der Waals surface area contributed by atoms with E-state index in [4.69, 9.17) is 0 Å². The second kappa shape index (κ2) is 8.19. The summed E-state index contributed by atoms with van der Waals surface area (Å²) in [5.41, 5.74) is 3.09. The lowest BCUT2D eigenvalue weighted by Gasteiger charge is -2.31. The van der Waals surface area contributed by atoms with Crippen molar-refractivity contribution in [2.24, 2.45) is 5.92 Å². The van der Waals surface area contributed by atoms with E-state index in [9.17, 15) is 4.79 Å². The molecule has 1 aromatic carbocycles. The maximum Gasteiger partial charge on any atom is 0.167 e. The van der Waals surface area contributed by atoms with Crippen LogP contribution in [0.15, 0.2) is 35.2 Å². The molecule has 1 atom stereocenters. The highest BCUT2D eigenvalue weighted by molar-refractivity contribution is 7.98. The van der Waals surface area contributed by atoms with E-state index in [0.717, 1.165) is 49.4 Å². The summed E-state index contributed by atoms with van der Waals surface area (Å²) in [7, 11) is 0. The number of nitrogens with one attached hydrogen (secondary N) is 1. The molecule has 3 rings (SSSR count). The van der Waals surface area contributed by atoms with Crippen molar-refractivity contribution in [2.75, 3.05) is 19.3 Å². The molecule has 0 saturated carbocycles. The van der Waals surface area contributed by atoms with Crippen LogP contribution < -0.4 is 0 Å². The maximum atomic E-state index is 12.8. The van der Waals surface area contributed by atoms with Gasteiger partial charge < -0.3 is 0 Å². The summed E-state index contributed by atoms with van der Waals surface area (Å²) in [6.45, 7) is 7.02. The summed E-state index contributed by atoms with van der Waals surface area (Å²) in [6, 6.07) is 10.2. The lowest BCUT2D eigenvalue weighted by molar-refractivity contribution is 0.0810. The minimum Gasteiger partial charge on any atom is -0.297 e. The van der Waals surface area contributed by atoms with Gasteiger partial charge in [-0.05, 0) is 49.8 Å². The van der Waals surface area contributed by atoms with E-state index < -0.39 is 0 Å². The summed E-state index contributed by atoms with van der Waals surface area (Å²) in [6.07, 6.45) is 4.11.